The molecule has 0 bridgehead atoms. The lowest BCUT2D eigenvalue weighted by atomic mass is 10.1. The number of nitrogens with one attached hydrogen (secondary N) is 2. The van der Waals surface area contributed by atoms with Crippen molar-refractivity contribution in [2.24, 2.45) is 0 Å². The Morgan fingerprint density at radius 1 is 1.11 bits per heavy atom. The van der Waals surface area contributed by atoms with Crippen molar-refractivity contribution in [1.29, 1.82) is 5.26 Å². The molecule has 134 valence electrons. The molecule has 0 radical (unpaired) electrons. The number of anilines is 2. The number of aromatic nitrogens is 1. The Balaban J connectivity index is 1.58. The first-order valence-electron chi connectivity index (χ1n) is 8.40. The summed E-state index contributed by atoms with van der Waals surface area (Å²) >= 11 is 5.99. The van der Waals surface area contributed by atoms with Gasteiger partial charge < -0.3 is 10.6 Å². The number of carbonyl (C=O) groups is 1. The molecule has 0 atom stereocenters. The van der Waals surface area contributed by atoms with Crippen molar-refractivity contribution in [1.82, 2.24) is 4.98 Å². The number of halogens is 1. The summed E-state index contributed by atoms with van der Waals surface area (Å²) < 4.78 is 0. The van der Waals surface area contributed by atoms with Crippen LogP contribution in [0.4, 0.5) is 11.5 Å². The van der Waals surface area contributed by atoms with Crippen molar-refractivity contribution in [3.05, 3.63) is 88.6 Å². The van der Waals surface area contributed by atoms with E-state index >= 15 is 0 Å². The minimum atomic E-state index is -0.236. The average Bonchev–Trinajstić information content (AvgIpc) is 2.69. The van der Waals surface area contributed by atoms with Crippen LogP contribution in [0.25, 0.3) is 0 Å². The average molecular weight is 377 g/mol. The molecule has 5 nitrogen and oxygen atoms in total. The van der Waals surface area contributed by atoms with Crippen molar-refractivity contribution in [3.63, 3.8) is 0 Å². The molecule has 0 spiro atoms. The summed E-state index contributed by atoms with van der Waals surface area (Å²) in [5.41, 5.74) is 2.80. The van der Waals surface area contributed by atoms with Gasteiger partial charge in [0.2, 0.25) is 0 Å². The molecule has 0 saturated heterocycles. The van der Waals surface area contributed by atoms with Gasteiger partial charge in [0.15, 0.2) is 0 Å². The molecule has 0 unspecified atom stereocenters. The fourth-order valence-corrected chi connectivity index (χ4v) is 2.74. The van der Waals surface area contributed by atoms with E-state index in [4.69, 9.17) is 16.9 Å². The number of benzene rings is 2. The van der Waals surface area contributed by atoms with Crippen LogP contribution in [0.3, 0.4) is 0 Å². The highest BCUT2D eigenvalue weighted by Gasteiger charge is 2.08. The van der Waals surface area contributed by atoms with E-state index in [-0.39, 0.29) is 5.91 Å². The summed E-state index contributed by atoms with van der Waals surface area (Å²) in [6, 6.07) is 19.8. The van der Waals surface area contributed by atoms with E-state index in [1.54, 1.807) is 42.6 Å². The molecule has 1 aromatic heterocycles. The zero-order valence-electron chi connectivity index (χ0n) is 14.4. The van der Waals surface area contributed by atoms with E-state index in [9.17, 15) is 4.79 Å². The number of hydrogen-bond donors (Lipinski definition) is 2. The zero-order chi connectivity index (χ0) is 19.1. The molecule has 1 heterocycles. The third-order valence-corrected chi connectivity index (χ3v) is 4.14. The molecular formula is C21H17ClN4O. The second kappa shape index (κ2) is 8.84. The van der Waals surface area contributed by atoms with Gasteiger partial charge in [0.1, 0.15) is 5.82 Å². The van der Waals surface area contributed by atoms with Crippen LogP contribution in [0.15, 0.2) is 66.9 Å². The maximum Gasteiger partial charge on any atom is 0.255 e. The predicted molar refractivity (Wildman–Crippen MR) is 107 cm³/mol. The number of pyridine rings is 1. The molecule has 3 aromatic rings. The van der Waals surface area contributed by atoms with E-state index in [1.807, 2.05) is 30.3 Å². The summed E-state index contributed by atoms with van der Waals surface area (Å²) in [4.78, 5) is 16.7. The minimum absolute atomic E-state index is 0.236. The fraction of sp³-hybridized carbons (Fsp3) is 0.0952. The highest BCUT2D eigenvalue weighted by Crippen LogP contribution is 2.14. The van der Waals surface area contributed by atoms with E-state index in [1.165, 1.54) is 0 Å². The molecule has 0 aliphatic heterocycles. The molecule has 1 amide bonds. The van der Waals surface area contributed by atoms with Crippen LogP contribution in [0.1, 0.15) is 21.5 Å². The maximum atomic E-state index is 12.4. The Morgan fingerprint density at radius 2 is 1.93 bits per heavy atom. The molecule has 3 rings (SSSR count). The van der Waals surface area contributed by atoms with Gasteiger partial charge in [-0.15, -0.1) is 0 Å². The first-order chi connectivity index (χ1) is 13.1. The lowest BCUT2D eigenvalue weighted by molar-refractivity contribution is 0.102. The highest BCUT2D eigenvalue weighted by atomic mass is 35.5. The van der Waals surface area contributed by atoms with Gasteiger partial charge in [-0.1, -0.05) is 23.7 Å². The Kier molecular flexibility index (Phi) is 6.03. The lowest BCUT2D eigenvalue weighted by Crippen LogP contribution is -2.13. The number of nitrogens with zero attached hydrogens (tertiary/aromatic N) is 2. The Bertz CT molecular complexity index is 980. The van der Waals surface area contributed by atoms with Crippen molar-refractivity contribution >= 4 is 29.0 Å². The topological polar surface area (TPSA) is 77.8 Å². The Hall–Kier alpha value is -3.36. The van der Waals surface area contributed by atoms with Crippen LogP contribution in [0, 0.1) is 11.3 Å². The van der Waals surface area contributed by atoms with Crippen molar-refractivity contribution in [2.75, 3.05) is 17.2 Å². The van der Waals surface area contributed by atoms with E-state index in [0.29, 0.717) is 34.2 Å². The van der Waals surface area contributed by atoms with Crippen molar-refractivity contribution in [2.45, 2.75) is 6.42 Å². The first-order valence-corrected chi connectivity index (χ1v) is 8.78. The highest BCUT2D eigenvalue weighted by molar-refractivity contribution is 6.30. The smallest absolute Gasteiger partial charge is 0.255 e. The maximum absolute atomic E-state index is 12.4. The third kappa shape index (κ3) is 5.30. The largest absolute Gasteiger partial charge is 0.370 e. The number of nitriles is 1. The number of amides is 1. The van der Waals surface area contributed by atoms with Crippen LogP contribution in [0.5, 0.6) is 0 Å². The van der Waals surface area contributed by atoms with E-state index < -0.39 is 0 Å². The summed E-state index contributed by atoms with van der Waals surface area (Å²) in [5, 5.41) is 15.6. The summed E-state index contributed by atoms with van der Waals surface area (Å²) in [5.74, 6) is 0.393. The Morgan fingerprint density at radius 3 is 2.67 bits per heavy atom. The molecule has 2 aromatic carbocycles. The van der Waals surface area contributed by atoms with Crippen LogP contribution in [0.2, 0.25) is 5.02 Å². The monoisotopic (exact) mass is 376 g/mol. The predicted octanol–water partition coefficient (Wildman–Crippen LogP) is 4.51. The van der Waals surface area contributed by atoms with Crippen LogP contribution in [-0.2, 0) is 6.42 Å². The van der Waals surface area contributed by atoms with Gasteiger partial charge in [0, 0.05) is 29.0 Å². The molecule has 0 saturated carbocycles. The van der Waals surface area contributed by atoms with Crippen LogP contribution >= 0.6 is 11.6 Å². The molecule has 0 aliphatic rings. The SMILES string of the molecule is N#Cc1ccc(NC(=O)c2ccnc(NCCc3cccc(Cl)c3)c2)cc1. The molecular weight excluding hydrogens is 360 g/mol. The third-order valence-electron chi connectivity index (χ3n) is 3.90. The quantitative estimate of drug-likeness (QED) is 0.663. The number of rotatable bonds is 6. The van der Waals surface area contributed by atoms with Gasteiger partial charge in [-0.05, 0) is 60.5 Å². The number of hydrogen-bond acceptors (Lipinski definition) is 4. The van der Waals surface area contributed by atoms with Gasteiger partial charge >= 0.3 is 0 Å². The van der Waals surface area contributed by atoms with E-state index in [2.05, 4.69) is 15.6 Å². The first kappa shape index (κ1) is 18.4. The Labute approximate surface area is 162 Å². The second-order valence-corrected chi connectivity index (χ2v) is 6.32. The van der Waals surface area contributed by atoms with Crippen molar-refractivity contribution < 1.29 is 4.79 Å². The summed E-state index contributed by atoms with van der Waals surface area (Å²) in [7, 11) is 0. The van der Waals surface area contributed by atoms with Gasteiger partial charge in [0.05, 0.1) is 11.6 Å². The summed E-state index contributed by atoms with van der Waals surface area (Å²) in [6.07, 6.45) is 2.39. The minimum Gasteiger partial charge on any atom is -0.370 e. The second-order valence-electron chi connectivity index (χ2n) is 5.88. The van der Waals surface area contributed by atoms with Gasteiger partial charge in [-0.2, -0.15) is 5.26 Å². The summed E-state index contributed by atoms with van der Waals surface area (Å²) in [6.45, 7) is 0.675. The van der Waals surface area contributed by atoms with Crippen LogP contribution < -0.4 is 10.6 Å². The number of carbonyl (C=O) groups excluding carboxylic acids is 1. The van der Waals surface area contributed by atoms with Gasteiger partial charge in [-0.3, -0.25) is 4.79 Å². The lowest BCUT2D eigenvalue weighted by Gasteiger charge is -2.09. The van der Waals surface area contributed by atoms with Crippen molar-refractivity contribution in [3.8, 4) is 6.07 Å². The molecule has 6 heteroatoms. The zero-order valence-corrected chi connectivity index (χ0v) is 15.2. The van der Waals surface area contributed by atoms with Crippen LogP contribution in [-0.4, -0.2) is 17.4 Å². The normalized spacial score (nSPS) is 10.1. The molecule has 0 aliphatic carbocycles. The van der Waals surface area contributed by atoms with Gasteiger partial charge in [-0.25, -0.2) is 4.98 Å². The molecule has 0 fully saturated rings. The molecule has 27 heavy (non-hydrogen) atoms. The van der Waals surface area contributed by atoms with E-state index in [0.717, 1.165) is 12.0 Å². The molecule has 2 N–H and O–H groups in total. The standard InChI is InChI=1S/C21H17ClN4O/c22-18-3-1-2-15(12-18)8-10-24-20-13-17(9-11-25-20)21(27)26-19-6-4-16(14-23)5-7-19/h1-7,9,11-13H,8,10H2,(H,24,25)(H,26,27). The van der Waals surface area contributed by atoms with Gasteiger partial charge in [0.25, 0.3) is 5.91 Å². The fourth-order valence-electron chi connectivity index (χ4n) is 2.53.